The zero-order valence-corrected chi connectivity index (χ0v) is 18.2. The minimum Gasteiger partial charge on any atom is -0.406 e. The van der Waals surface area contributed by atoms with Crippen molar-refractivity contribution in [3.8, 4) is 5.75 Å². The van der Waals surface area contributed by atoms with Crippen molar-refractivity contribution in [1.29, 1.82) is 0 Å². The maximum absolute atomic E-state index is 12.5. The Morgan fingerprint density at radius 1 is 1.13 bits per heavy atom. The van der Waals surface area contributed by atoms with E-state index in [0.29, 0.717) is 0 Å². The van der Waals surface area contributed by atoms with Crippen LogP contribution in [0.4, 0.5) is 27.6 Å². The summed E-state index contributed by atoms with van der Waals surface area (Å²) in [5, 5.41) is 2.09. The summed E-state index contributed by atoms with van der Waals surface area (Å²) in [4.78, 5) is 25.9. The molecule has 0 aromatic heterocycles. The Kier molecular flexibility index (Phi) is 10.2. The van der Waals surface area contributed by atoms with Crippen molar-refractivity contribution < 1.29 is 36.3 Å². The highest BCUT2D eigenvalue weighted by Gasteiger charge is 2.39. The lowest BCUT2D eigenvalue weighted by molar-refractivity contribution is -0.274. The Balaban J connectivity index is 0.00000407. The molecule has 1 N–H and O–H groups in total. The molecule has 1 unspecified atom stereocenters. The molecule has 0 fully saturated rings. The van der Waals surface area contributed by atoms with Crippen LogP contribution >= 0.6 is 0 Å². The first-order valence-electron chi connectivity index (χ1n) is 9.35. The molecule has 1 rings (SSSR count). The summed E-state index contributed by atoms with van der Waals surface area (Å²) < 4.78 is 66.2. The van der Waals surface area contributed by atoms with Gasteiger partial charge in [0.2, 0.25) is 11.8 Å². The van der Waals surface area contributed by atoms with E-state index in [9.17, 15) is 31.5 Å². The predicted molar refractivity (Wildman–Crippen MR) is 105 cm³/mol. The molecule has 5 nitrogen and oxygen atoms in total. The molecule has 1 aromatic carbocycles. The van der Waals surface area contributed by atoms with Gasteiger partial charge in [0.15, 0.2) is 0 Å². The Bertz CT molecular complexity index is 715. The van der Waals surface area contributed by atoms with Gasteiger partial charge in [-0.3, -0.25) is 14.5 Å². The number of ether oxygens (including phenoxy) is 1. The first-order valence-corrected chi connectivity index (χ1v) is 9.35. The molecule has 0 saturated heterocycles. The van der Waals surface area contributed by atoms with Crippen LogP contribution in [0.1, 0.15) is 47.1 Å². The van der Waals surface area contributed by atoms with Gasteiger partial charge >= 0.3 is 6.36 Å². The largest absolute Gasteiger partial charge is 0.573 e. The summed E-state index contributed by atoms with van der Waals surface area (Å²) in [7, 11) is 0. The van der Waals surface area contributed by atoms with Crippen LogP contribution in [-0.2, 0) is 9.59 Å². The van der Waals surface area contributed by atoms with Gasteiger partial charge in [0.05, 0.1) is 6.54 Å². The highest BCUT2D eigenvalue weighted by Crippen LogP contribution is 2.33. The number of carbonyl (C=O) groups excluding carboxylic acids is 2. The van der Waals surface area contributed by atoms with E-state index >= 15 is 0 Å². The molecule has 1 atom stereocenters. The number of aryl methyl sites for hydroxylation is 1. The number of anilines is 1. The van der Waals surface area contributed by atoms with Gasteiger partial charge in [-0.15, -0.1) is 13.2 Å². The Morgan fingerprint density at radius 3 is 2.03 bits per heavy atom. The molecule has 0 aliphatic carbocycles. The molecule has 0 heterocycles. The molecule has 10 heteroatoms. The number of halogens is 5. The molecule has 0 bridgehead atoms. The molecule has 0 aliphatic rings. The van der Waals surface area contributed by atoms with E-state index < -0.39 is 48.4 Å². The molecule has 0 radical (unpaired) electrons. The zero-order valence-electron chi connectivity index (χ0n) is 18.2. The summed E-state index contributed by atoms with van der Waals surface area (Å²) in [5.74, 6) is -1.82. The van der Waals surface area contributed by atoms with Crippen molar-refractivity contribution in [2.75, 3.05) is 11.4 Å². The van der Waals surface area contributed by atoms with Crippen LogP contribution < -0.4 is 15.0 Å². The van der Waals surface area contributed by atoms with Gasteiger partial charge < -0.3 is 10.1 Å². The highest BCUT2D eigenvalue weighted by molar-refractivity contribution is 6.00. The second-order valence-corrected chi connectivity index (χ2v) is 7.29. The summed E-state index contributed by atoms with van der Waals surface area (Å²) in [6, 6.07) is 2.33. The van der Waals surface area contributed by atoms with E-state index in [4.69, 9.17) is 0 Å². The molecular weight excluding hydrogens is 411 g/mol. The van der Waals surface area contributed by atoms with E-state index in [-0.39, 0.29) is 11.3 Å². The SMILES string of the molecule is CC.CC(=O)N(c1ccc(OC(F)(F)F)c(C)c1)C(C(=O)NCC(F)F)C(C)(C)C. The maximum atomic E-state index is 12.5. The monoisotopic (exact) mass is 440 g/mol. The van der Waals surface area contributed by atoms with Crippen LogP contribution in [0.5, 0.6) is 5.75 Å². The van der Waals surface area contributed by atoms with Crippen LogP contribution in [-0.4, -0.2) is 37.2 Å². The maximum Gasteiger partial charge on any atom is 0.573 e. The number of nitrogens with one attached hydrogen (secondary N) is 1. The highest BCUT2D eigenvalue weighted by atomic mass is 19.4. The molecule has 0 spiro atoms. The average Bonchev–Trinajstić information content (AvgIpc) is 2.58. The molecule has 2 amide bonds. The Labute approximate surface area is 173 Å². The fraction of sp³-hybridized carbons (Fsp3) is 0.600. The summed E-state index contributed by atoms with van der Waals surface area (Å²) in [5.41, 5.74) is -0.624. The quantitative estimate of drug-likeness (QED) is 0.629. The number of nitrogens with zero attached hydrogens (tertiary/aromatic N) is 1. The lowest BCUT2D eigenvalue weighted by Gasteiger charge is -2.38. The van der Waals surface area contributed by atoms with Crippen LogP contribution in [0.3, 0.4) is 0 Å². The van der Waals surface area contributed by atoms with E-state index in [1.807, 2.05) is 13.8 Å². The molecule has 172 valence electrons. The second kappa shape index (κ2) is 11.1. The normalized spacial score (nSPS) is 12.6. The fourth-order valence-electron chi connectivity index (χ4n) is 2.71. The third-order valence-corrected chi connectivity index (χ3v) is 3.76. The number of alkyl halides is 5. The summed E-state index contributed by atoms with van der Waals surface area (Å²) in [6.07, 6.45) is -7.65. The molecule has 1 aromatic rings. The van der Waals surface area contributed by atoms with Gasteiger partial charge in [-0.1, -0.05) is 34.6 Å². The van der Waals surface area contributed by atoms with E-state index in [2.05, 4.69) is 10.1 Å². The number of benzene rings is 1. The van der Waals surface area contributed by atoms with Crippen molar-refractivity contribution in [3.05, 3.63) is 23.8 Å². The third kappa shape index (κ3) is 8.54. The number of hydrogen-bond donors (Lipinski definition) is 1. The first kappa shape index (κ1) is 27.6. The minimum atomic E-state index is -4.88. The van der Waals surface area contributed by atoms with E-state index in [0.717, 1.165) is 11.0 Å². The van der Waals surface area contributed by atoms with Crippen LogP contribution in [0.15, 0.2) is 18.2 Å². The molecule has 0 aliphatic heterocycles. The van der Waals surface area contributed by atoms with Gasteiger partial charge in [0, 0.05) is 12.6 Å². The second-order valence-electron chi connectivity index (χ2n) is 7.29. The summed E-state index contributed by atoms with van der Waals surface area (Å²) >= 11 is 0. The predicted octanol–water partition coefficient (Wildman–Crippen LogP) is 5.07. The number of rotatable bonds is 6. The van der Waals surface area contributed by atoms with Gasteiger partial charge in [-0.2, -0.15) is 0 Å². The average molecular weight is 440 g/mol. The minimum absolute atomic E-state index is 0.0849. The van der Waals surface area contributed by atoms with Crippen LogP contribution in [0.25, 0.3) is 0 Å². The number of hydrogen-bond acceptors (Lipinski definition) is 3. The van der Waals surface area contributed by atoms with Crippen molar-refractivity contribution in [1.82, 2.24) is 5.32 Å². The van der Waals surface area contributed by atoms with Crippen molar-refractivity contribution in [2.24, 2.45) is 5.41 Å². The first-order chi connectivity index (χ1) is 13.6. The number of amides is 2. The fourth-order valence-corrected chi connectivity index (χ4v) is 2.71. The van der Waals surface area contributed by atoms with Gasteiger partial charge in [0.25, 0.3) is 6.43 Å². The third-order valence-electron chi connectivity index (χ3n) is 3.76. The molecule has 30 heavy (non-hydrogen) atoms. The standard InChI is InChI=1S/C18H23F5N2O3.C2H6/c1-10-8-12(6-7-13(10)28-18(21,22)23)25(11(2)26)15(17(3,4)5)16(27)24-9-14(19)20;1-2/h6-8,14-15H,9H2,1-5H3,(H,24,27);1-2H3. The smallest absolute Gasteiger partial charge is 0.406 e. The molecular formula is C20H29F5N2O3. The van der Waals surface area contributed by atoms with Gasteiger partial charge in [-0.05, 0) is 36.1 Å². The van der Waals surface area contributed by atoms with Crippen molar-refractivity contribution in [3.63, 3.8) is 0 Å². The number of carbonyl (C=O) groups is 2. The Morgan fingerprint density at radius 2 is 1.67 bits per heavy atom. The van der Waals surface area contributed by atoms with E-state index in [1.54, 1.807) is 20.8 Å². The van der Waals surface area contributed by atoms with Gasteiger partial charge in [0.1, 0.15) is 11.8 Å². The van der Waals surface area contributed by atoms with Crippen LogP contribution in [0, 0.1) is 12.3 Å². The van der Waals surface area contributed by atoms with Crippen LogP contribution in [0.2, 0.25) is 0 Å². The van der Waals surface area contributed by atoms with Crippen molar-refractivity contribution >= 4 is 17.5 Å². The van der Waals surface area contributed by atoms with Gasteiger partial charge in [-0.25, -0.2) is 8.78 Å². The topological polar surface area (TPSA) is 58.6 Å². The molecule has 0 saturated carbocycles. The Hall–Kier alpha value is -2.39. The summed E-state index contributed by atoms with van der Waals surface area (Å²) in [6.45, 7) is 10.6. The van der Waals surface area contributed by atoms with E-state index in [1.165, 1.54) is 26.0 Å². The lowest BCUT2D eigenvalue weighted by atomic mass is 9.84. The van der Waals surface area contributed by atoms with Crippen molar-refractivity contribution in [2.45, 2.75) is 67.3 Å². The zero-order chi connectivity index (χ0) is 23.9. The lowest BCUT2D eigenvalue weighted by Crippen LogP contribution is -2.56.